The van der Waals surface area contributed by atoms with Crippen LogP contribution < -0.4 is 11.1 Å². The van der Waals surface area contributed by atoms with Crippen molar-refractivity contribution in [3.63, 3.8) is 0 Å². The maximum Gasteiger partial charge on any atom is 0.220 e. The van der Waals surface area contributed by atoms with Gasteiger partial charge in [0, 0.05) is 25.0 Å². The molecule has 1 aliphatic rings. The molecule has 3 N–H and O–H groups in total. The van der Waals surface area contributed by atoms with Gasteiger partial charge in [-0.1, -0.05) is 6.92 Å². The lowest BCUT2D eigenvalue weighted by molar-refractivity contribution is -0.121. The smallest absolute Gasteiger partial charge is 0.220 e. The lowest BCUT2D eigenvalue weighted by Crippen LogP contribution is -2.36. The molecular weight excluding hydrogens is 214 g/mol. The van der Waals surface area contributed by atoms with Crippen molar-refractivity contribution in [3.8, 4) is 0 Å². The van der Waals surface area contributed by atoms with Crippen molar-refractivity contribution in [3.05, 3.63) is 0 Å². The van der Waals surface area contributed by atoms with E-state index in [0.717, 1.165) is 26.1 Å². The van der Waals surface area contributed by atoms with E-state index in [9.17, 15) is 4.79 Å². The number of carbonyl (C=O) groups is 1. The van der Waals surface area contributed by atoms with Crippen LogP contribution in [0.15, 0.2) is 0 Å². The number of nitrogens with zero attached hydrogens (tertiary/aromatic N) is 1. The highest BCUT2D eigenvalue weighted by atomic mass is 16.1. The summed E-state index contributed by atoms with van der Waals surface area (Å²) >= 11 is 0. The Balaban J connectivity index is 2.12. The monoisotopic (exact) mass is 241 g/mol. The van der Waals surface area contributed by atoms with Crippen LogP contribution in [0, 0.1) is 5.92 Å². The number of carbonyl (C=O) groups excluding carboxylic acids is 1. The number of hydrogen-bond acceptors (Lipinski definition) is 3. The zero-order valence-electron chi connectivity index (χ0n) is 11.5. The molecular formula is C13H27N3O. The normalized spacial score (nSPS) is 21.8. The molecule has 1 unspecified atom stereocenters. The number of nitrogens with one attached hydrogen (secondary N) is 1. The van der Waals surface area contributed by atoms with Crippen molar-refractivity contribution in [1.29, 1.82) is 0 Å². The van der Waals surface area contributed by atoms with Crippen LogP contribution in [0.4, 0.5) is 0 Å². The highest BCUT2D eigenvalue weighted by molar-refractivity contribution is 5.75. The Hall–Kier alpha value is -0.610. The highest BCUT2D eigenvalue weighted by Crippen LogP contribution is 2.14. The van der Waals surface area contributed by atoms with Crippen LogP contribution in [0.1, 0.15) is 40.0 Å². The predicted molar refractivity (Wildman–Crippen MR) is 70.7 cm³/mol. The summed E-state index contributed by atoms with van der Waals surface area (Å²) in [4.78, 5) is 14.0. The fraction of sp³-hybridized carbons (Fsp3) is 0.923. The van der Waals surface area contributed by atoms with Crippen LogP contribution >= 0.6 is 0 Å². The maximum absolute atomic E-state index is 11.6. The molecule has 4 heteroatoms. The van der Waals surface area contributed by atoms with Crippen molar-refractivity contribution < 1.29 is 4.79 Å². The molecule has 0 aromatic carbocycles. The van der Waals surface area contributed by atoms with Crippen molar-refractivity contribution in [2.45, 2.75) is 45.6 Å². The molecule has 0 bridgehead atoms. The van der Waals surface area contributed by atoms with Crippen molar-refractivity contribution in [1.82, 2.24) is 10.2 Å². The van der Waals surface area contributed by atoms with E-state index >= 15 is 0 Å². The molecule has 1 heterocycles. The van der Waals surface area contributed by atoms with Gasteiger partial charge < -0.3 is 16.0 Å². The molecule has 1 amide bonds. The van der Waals surface area contributed by atoms with E-state index in [4.69, 9.17) is 5.73 Å². The summed E-state index contributed by atoms with van der Waals surface area (Å²) < 4.78 is 0. The SMILES string of the molecule is CCN1CCC(CNC(=O)CCC(C)(C)N)C1. The van der Waals surface area contributed by atoms with Crippen molar-refractivity contribution in [2.24, 2.45) is 11.7 Å². The van der Waals surface area contributed by atoms with Crippen LogP contribution in [0.25, 0.3) is 0 Å². The molecule has 0 saturated carbocycles. The molecule has 0 spiro atoms. The van der Waals surface area contributed by atoms with E-state index in [-0.39, 0.29) is 11.4 Å². The first-order valence-corrected chi connectivity index (χ1v) is 6.68. The molecule has 100 valence electrons. The lowest BCUT2D eigenvalue weighted by Gasteiger charge is -2.18. The van der Waals surface area contributed by atoms with Gasteiger partial charge in [-0.3, -0.25) is 4.79 Å². The van der Waals surface area contributed by atoms with Crippen molar-refractivity contribution >= 4 is 5.91 Å². The number of likely N-dealkylation sites (tertiary alicyclic amines) is 1. The van der Waals surface area contributed by atoms with E-state index in [1.165, 1.54) is 13.0 Å². The first kappa shape index (κ1) is 14.5. The van der Waals surface area contributed by atoms with E-state index in [1.807, 2.05) is 13.8 Å². The summed E-state index contributed by atoms with van der Waals surface area (Å²) in [6.45, 7) is 10.3. The van der Waals surface area contributed by atoms with Gasteiger partial charge in [0.15, 0.2) is 0 Å². The fourth-order valence-electron chi connectivity index (χ4n) is 2.15. The van der Waals surface area contributed by atoms with Crippen LogP contribution in [0.2, 0.25) is 0 Å². The Bertz CT molecular complexity index is 248. The molecule has 1 saturated heterocycles. The first-order chi connectivity index (χ1) is 7.90. The van der Waals surface area contributed by atoms with Gasteiger partial charge in [-0.05, 0) is 45.7 Å². The third-order valence-corrected chi connectivity index (χ3v) is 3.40. The average molecular weight is 241 g/mol. The van der Waals surface area contributed by atoms with E-state index < -0.39 is 0 Å². The van der Waals surface area contributed by atoms with Crippen LogP contribution in [0.5, 0.6) is 0 Å². The average Bonchev–Trinajstić information content (AvgIpc) is 2.70. The van der Waals surface area contributed by atoms with Gasteiger partial charge in [-0.15, -0.1) is 0 Å². The Morgan fingerprint density at radius 3 is 2.76 bits per heavy atom. The van der Waals surface area contributed by atoms with Crippen molar-refractivity contribution in [2.75, 3.05) is 26.2 Å². The zero-order valence-corrected chi connectivity index (χ0v) is 11.5. The van der Waals surface area contributed by atoms with E-state index in [2.05, 4.69) is 17.1 Å². The highest BCUT2D eigenvalue weighted by Gasteiger charge is 2.21. The molecule has 0 aromatic heterocycles. The Morgan fingerprint density at radius 1 is 1.53 bits per heavy atom. The Kier molecular flexibility index (Phi) is 5.40. The summed E-state index contributed by atoms with van der Waals surface area (Å²) in [5.74, 6) is 0.767. The van der Waals surface area contributed by atoms with Gasteiger partial charge in [-0.25, -0.2) is 0 Å². The number of hydrogen-bond donors (Lipinski definition) is 2. The summed E-state index contributed by atoms with van der Waals surface area (Å²) in [5.41, 5.74) is 5.61. The molecule has 1 aliphatic heterocycles. The largest absolute Gasteiger partial charge is 0.356 e. The molecule has 0 aromatic rings. The zero-order chi connectivity index (χ0) is 12.9. The molecule has 1 atom stereocenters. The Morgan fingerprint density at radius 2 is 2.24 bits per heavy atom. The number of nitrogens with two attached hydrogens (primary N) is 1. The second-order valence-corrected chi connectivity index (χ2v) is 5.84. The molecule has 0 radical (unpaired) electrons. The lowest BCUT2D eigenvalue weighted by atomic mass is 10.00. The third-order valence-electron chi connectivity index (χ3n) is 3.40. The van der Waals surface area contributed by atoms with Gasteiger partial charge in [-0.2, -0.15) is 0 Å². The fourth-order valence-corrected chi connectivity index (χ4v) is 2.15. The molecule has 0 aliphatic carbocycles. The standard InChI is InChI=1S/C13H27N3O/c1-4-16-8-6-11(10-16)9-15-12(17)5-7-13(2,3)14/h11H,4-10,14H2,1-3H3,(H,15,17). The van der Waals surface area contributed by atoms with Crippen LogP contribution in [0.3, 0.4) is 0 Å². The molecule has 4 nitrogen and oxygen atoms in total. The Labute approximate surface area is 105 Å². The topological polar surface area (TPSA) is 58.4 Å². The second-order valence-electron chi connectivity index (χ2n) is 5.84. The van der Waals surface area contributed by atoms with Gasteiger partial charge >= 0.3 is 0 Å². The maximum atomic E-state index is 11.6. The third kappa shape index (κ3) is 6.03. The molecule has 17 heavy (non-hydrogen) atoms. The van der Waals surface area contributed by atoms with Gasteiger partial charge in [0.25, 0.3) is 0 Å². The van der Waals surface area contributed by atoms with Crippen LogP contribution in [-0.4, -0.2) is 42.5 Å². The van der Waals surface area contributed by atoms with Gasteiger partial charge in [0.1, 0.15) is 0 Å². The van der Waals surface area contributed by atoms with E-state index in [0.29, 0.717) is 12.3 Å². The summed E-state index contributed by atoms with van der Waals surface area (Å²) in [6.07, 6.45) is 2.48. The summed E-state index contributed by atoms with van der Waals surface area (Å²) in [5, 5.41) is 3.02. The van der Waals surface area contributed by atoms with Gasteiger partial charge in [0.05, 0.1) is 0 Å². The quantitative estimate of drug-likeness (QED) is 0.728. The summed E-state index contributed by atoms with van der Waals surface area (Å²) in [7, 11) is 0. The van der Waals surface area contributed by atoms with Gasteiger partial charge in [0.2, 0.25) is 5.91 Å². The first-order valence-electron chi connectivity index (χ1n) is 6.68. The number of amides is 1. The minimum absolute atomic E-state index is 0.137. The predicted octanol–water partition coefficient (Wildman–Crippen LogP) is 0.962. The van der Waals surface area contributed by atoms with E-state index in [1.54, 1.807) is 0 Å². The minimum Gasteiger partial charge on any atom is -0.356 e. The summed E-state index contributed by atoms with van der Waals surface area (Å²) in [6, 6.07) is 0. The second kappa shape index (κ2) is 6.36. The van der Waals surface area contributed by atoms with Crippen LogP contribution in [-0.2, 0) is 4.79 Å². The minimum atomic E-state index is -0.246. The molecule has 1 fully saturated rings. The number of rotatable bonds is 6. The molecule has 1 rings (SSSR count).